The van der Waals surface area contributed by atoms with Crippen LogP contribution in [0.25, 0.3) is 0 Å². The quantitative estimate of drug-likeness (QED) is 0.929. The van der Waals surface area contributed by atoms with Gasteiger partial charge in [0.1, 0.15) is 0 Å². The zero-order valence-electron chi connectivity index (χ0n) is 11.4. The van der Waals surface area contributed by atoms with Gasteiger partial charge < -0.3 is 5.11 Å². The summed E-state index contributed by atoms with van der Waals surface area (Å²) in [6.45, 7) is 2.02. The number of aliphatic hydroxyl groups excluding tert-OH is 1. The molecule has 1 aromatic rings. The molecule has 1 aliphatic rings. The van der Waals surface area contributed by atoms with Crippen LogP contribution in [0.2, 0.25) is 0 Å². The first-order valence-electron chi connectivity index (χ1n) is 6.63. The Bertz CT molecular complexity index is 524. The molecule has 19 heavy (non-hydrogen) atoms. The smallest absolute Gasteiger partial charge is 0.243 e. The van der Waals surface area contributed by atoms with Crippen LogP contribution in [-0.2, 0) is 16.6 Å². The van der Waals surface area contributed by atoms with Crippen LogP contribution in [-0.4, -0.2) is 30.9 Å². The van der Waals surface area contributed by atoms with Gasteiger partial charge in [0.25, 0.3) is 0 Å². The normalized spacial score (nSPS) is 24.8. The first kappa shape index (κ1) is 15.0. The summed E-state index contributed by atoms with van der Waals surface area (Å²) in [5, 5.41) is 10.7. The largest absolute Gasteiger partial charge is 0.391 e. The van der Waals surface area contributed by atoms with Crippen molar-refractivity contribution >= 4 is 21.4 Å². The van der Waals surface area contributed by atoms with Crippen LogP contribution in [0.1, 0.15) is 37.5 Å². The second kappa shape index (κ2) is 5.91. The molecule has 1 aliphatic carbocycles. The van der Waals surface area contributed by atoms with Crippen molar-refractivity contribution in [3.05, 3.63) is 16.3 Å². The Balaban J connectivity index is 2.23. The molecule has 1 fully saturated rings. The highest BCUT2D eigenvalue weighted by Gasteiger charge is 2.33. The minimum absolute atomic E-state index is 0.0937. The van der Waals surface area contributed by atoms with Crippen molar-refractivity contribution in [3.8, 4) is 0 Å². The van der Waals surface area contributed by atoms with Crippen LogP contribution in [0.3, 0.4) is 0 Å². The van der Waals surface area contributed by atoms with Crippen molar-refractivity contribution < 1.29 is 13.5 Å². The van der Waals surface area contributed by atoms with E-state index in [1.54, 1.807) is 18.5 Å². The molecule has 1 aromatic heterocycles. The minimum atomic E-state index is -3.43. The molecular formula is C13H21NO3S2. The van der Waals surface area contributed by atoms with E-state index in [4.69, 9.17) is 5.11 Å². The van der Waals surface area contributed by atoms with E-state index in [-0.39, 0.29) is 12.6 Å². The van der Waals surface area contributed by atoms with E-state index in [1.165, 1.54) is 22.1 Å². The van der Waals surface area contributed by atoms with Crippen LogP contribution in [0.5, 0.6) is 0 Å². The second-order valence-electron chi connectivity index (χ2n) is 5.26. The van der Waals surface area contributed by atoms with Gasteiger partial charge in [-0.3, -0.25) is 0 Å². The minimum Gasteiger partial charge on any atom is -0.391 e. The number of nitrogens with zero attached hydrogens (tertiary/aromatic N) is 1. The summed E-state index contributed by atoms with van der Waals surface area (Å²) in [5.74, 6) is 0.407. The van der Waals surface area contributed by atoms with E-state index in [0.29, 0.717) is 15.7 Å². The molecule has 6 heteroatoms. The first-order chi connectivity index (χ1) is 8.96. The van der Waals surface area contributed by atoms with Crippen LogP contribution in [0.15, 0.2) is 16.3 Å². The summed E-state index contributed by atoms with van der Waals surface area (Å²) in [7, 11) is -1.75. The summed E-state index contributed by atoms with van der Waals surface area (Å²) < 4.78 is 26.6. The molecule has 1 N–H and O–H groups in total. The molecule has 4 nitrogen and oxygen atoms in total. The monoisotopic (exact) mass is 303 g/mol. The Labute approximate surface area is 119 Å². The van der Waals surface area contributed by atoms with Gasteiger partial charge in [-0.25, -0.2) is 8.42 Å². The van der Waals surface area contributed by atoms with Gasteiger partial charge in [0.2, 0.25) is 10.0 Å². The topological polar surface area (TPSA) is 57.6 Å². The van der Waals surface area contributed by atoms with Crippen molar-refractivity contribution in [2.45, 2.75) is 50.2 Å². The summed E-state index contributed by atoms with van der Waals surface area (Å²) in [6.07, 6.45) is 4.32. The van der Waals surface area contributed by atoms with Gasteiger partial charge in [0, 0.05) is 23.3 Å². The summed E-state index contributed by atoms with van der Waals surface area (Å²) in [4.78, 5) is 0.991. The van der Waals surface area contributed by atoms with Crippen LogP contribution >= 0.6 is 11.3 Å². The van der Waals surface area contributed by atoms with Crippen LogP contribution < -0.4 is 0 Å². The van der Waals surface area contributed by atoms with Crippen molar-refractivity contribution in [2.24, 2.45) is 5.92 Å². The lowest BCUT2D eigenvalue weighted by molar-refractivity contribution is 0.213. The van der Waals surface area contributed by atoms with Gasteiger partial charge in [-0.05, 0) is 24.8 Å². The highest BCUT2D eigenvalue weighted by atomic mass is 32.2. The molecule has 0 radical (unpaired) electrons. The fourth-order valence-corrected chi connectivity index (χ4v) is 5.36. The molecule has 1 saturated carbocycles. The Morgan fingerprint density at radius 2 is 2.11 bits per heavy atom. The Morgan fingerprint density at radius 1 is 1.42 bits per heavy atom. The van der Waals surface area contributed by atoms with E-state index in [2.05, 4.69) is 6.92 Å². The van der Waals surface area contributed by atoms with Gasteiger partial charge in [-0.15, -0.1) is 11.3 Å². The average Bonchev–Trinajstić information content (AvgIpc) is 2.88. The van der Waals surface area contributed by atoms with Gasteiger partial charge in [-0.1, -0.05) is 19.8 Å². The summed E-state index contributed by atoms with van der Waals surface area (Å²) in [6, 6.07) is 1.67. The van der Waals surface area contributed by atoms with E-state index in [9.17, 15) is 8.42 Å². The third-order valence-electron chi connectivity index (χ3n) is 4.00. The predicted molar refractivity (Wildman–Crippen MR) is 76.6 cm³/mol. The van der Waals surface area contributed by atoms with Gasteiger partial charge in [0.15, 0.2) is 0 Å². The lowest BCUT2D eigenvalue weighted by Crippen LogP contribution is -2.42. The van der Waals surface area contributed by atoms with Crippen molar-refractivity contribution in [2.75, 3.05) is 7.05 Å². The molecule has 0 aliphatic heterocycles. The Hall–Kier alpha value is -0.430. The maximum absolute atomic E-state index is 12.6. The number of sulfonamides is 1. The number of thiophene rings is 1. The highest BCUT2D eigenvalue weighted by molar-refractivity contribution is 7.89. The van der Waals surface area contributed by atoms with Gasteiger partial charge >= 0.3 is 0 Å². The molecule has 108 valence electrons. The number of hydrogen-bond acceptors (Lipinski definition) is 4. The first-order valence-corrected chi connectivity index (χ1v) is 8.95. The molecule has 0 bridgehead atoms. The third kappa shape index (κ3) is 3.02. The summed E-state index contributed by atoms with van der Waals surface area (Å²) in [5.41, 5.74) is 0. The summed E-state index contributed by atoms with van der Waals surface area (Å²) >= 11 is 1.29. The SMILES string of the molecule is CC1CCCCC1N(C)S(=O)(=O)c1csc(CO)c1. The van der Waals surface area contributed by atoms with Crippen LogP contribution in [0.4, 0.5) is 0 Å². The number of rotatable bonds is 4. The number of aliphatic hydroxyl groups is 1. The fourth-order valence-electron chi connectivity index (χ4n) is 2.76. The maximum atomic E-state index is 12.6. The van der Waals surface area contributed by atoms with Crippen molar-refractivity contribution in [3.63, 3.8) is 0 Å². The van der Waals surface area contributed by atoms with E-state index in [0.717, 1.165) is 19.3 Å². The lowest BCUT2D eigenvalue weighted by atomic mass is 9.86. The average molecular weight is 303 g/mol. The lowest BCUT2D eigenvalue weighted by Gasteiger charge is -2.35. The molecule has 2 rings (SSSR count). The molecule has 1 heterocycles. The molecule has 2 unspecified atom stereocenters. The van der Waals surface area contributed by atoms with Gasteiger partial charge in [0.05, 0.1) is 11.5 Å². The molecule has 2 atom stereocenters. The van der Waals surface area contributed by atoms with Crippen molar-refractivity contribution in [1.82, 2.24) is 4.31 Å². The Kier molecular flexibility index (Phi) is 4.66. The highest BCUT2D eigenvalue weighted by Crippen LogP contribution is 2.31. The van der Waals surface area contributed by atoms with E-state index < -0.39 is 10.0 Å². The third-order valence-corrected chi connectivity index (χ3v) is 6.93. The molecule has 0 spiro atoms. The predicted octanol–water partition coefficient (Wildman–Crippen LogP) is 2.44. The van der Waals surface area contributed by atoms with Crippen molar-refractivity contribution in [1.29, 1.82) is 0 Å². The second-order valence-corrected chi connectivity index (χ2v) is 8.25. The maximum Gasteiger partial charge on any atom is 0.243 e. The standard InChI is InChI=1S/C13H21NO3S2/c1-10-5-3-4-6-13(10)14(2)19(16,17)12-7-11(8-15)18-9-12/h7,9-10,13,15H,3-6,8H2,1-2H3. The fraction of sp³-hybridized carbons (Fsp3) is 0.692. The Morgan fingerprint density at radius 3 is 2.68 bits per heavy atom. The molecular weight excluding hydrogens is 282 g/mol. The molecule has 0 aromatic carbocycles. The molecule has 0 amide bonds. The zero-order valence-corrected chi connectivity index (χ0v) is 13.0. The van der Waals surface area contributed by atoms with Gasteiger partial charge in [-0.2, -0.15) is 4.31 Å². The zero-order chi connectivity index (χ0) is 14.0. The van der Waals surface area contributed by atoms with E-state index in [1.807, 2.05) is 0 Å². The number of hydrogen-bond donors (Lipinski definition) is 1. The van der Waals surface area contributed by atoms with Crippen LogP contribution in [0, 0.1) is 5.92 Å². The molecule has 0 saturated heterocycles. The van der Waals surface area contributed by atoms with E-state index >= 15 is 0 Å².